The van der Waals surface area contributed by atoms with Gasteiger partial charge in [-0.05, 0) is 74.8 Å². The molecule has 1 aromatic heterocycles. The van der Waals surface area contributed by atoms with Crippen LogP contribution in [0.4, 0.5) is 5.69 Å². The molecule has 1 aliphatic heterocycles. The third-order valence-electron chi connectivity index (χ3n) is 6.35. The standard InChI is InChI=1S/C27H37NO6S/c29-17-4-2-1-3-6-20-9-11-22(12-10-20)28-21(13-16-26(28)32)7-5-8-24-14-15-25(35-24)27(33)34-19-23(31)18-30/h9-12,14-15,21,23,29-31H,1-8,13,16-19H2/t21-,23+/m0/s1. The van der Waals surface area contributed by atoms with Crippen molar-refractivity contribution in [2.75, 3.05) is 24.7 Å². The lowest BCUT2D eigenvalue weighted by Gasteiger charge is -2.25. The number of rotatable bonds is 15. The number of thiophene rings is 1. The Kier molecular flexibility index (Phi) is 11.2. The normalized spacial score (nSPS) is 16.6. The topological polar surface area (TPSA) is 107 Å². The zero-order chi connectivity index (χ0) is 25.0. The van der Waals surface area contributed by atoms with Gasteiger partial charge in [-0.1, -0.05) is 25.0 Å². The second-order valence-corrected chi connectivity index (χ2v) is 10.3. The fourth-order valence-electron chi connectivity index (χ4n) is 4.42. The molecule has 1 amide bonds. The van der Waals surface area contributed by atoms with Crippen molar-refractivity contribution in [3.8, 4) is 0 Å². The van der Waals surface area contributed by atoms with Crippen LogP contribution in [-0.2, 0) is 22.4 Å². The summed E-state index contributed by atoms with van der Waals surface area (Å²) >= 11 is 1.38. The fraction of sp³-hybridized carbons (Fsp3) is 0.556. The third kappa shape index (κ3) is 8.42. The molecule has 1 saturated heterocycles. The van der Waals surface area contributed by atoms with Gasteiger partial charge in [0, 0.05) is 29.6 Å². The number of ether oxygens (including phenoxy) is 1. The maximum atomic E-state index is 12.6. The van der Waals surface area contributed by atoms with Gasteiger partial charge in [-0.15, -0.1) is 11.3 Å². The lowest BCUT2D eigenvalue weighted by atomic mass is 10.0. The van der Waals surface area contributed by atoms with Crippen molar-refractivity contribution in [1.29, 1.82) is 0 Å². The molecular weight excluding hydrogens is 466 g/mol. The number of hydrogen-bond donors (Lipinski definition) is 3. The summed E-state index contributed by atoms with van der Waals surface area (Å²) < 4.78 is 5.01. The lowest BCUT2D eigenvalue weighted by molar-refractivity contribution is -0.117. The van der Waals surface area contributed by atoms with Gasteiger partial charge in [-0.2, -0.15) is 0 Å². The molecule has 3 N–H and O–H groups in total. The number of unbranched alkanes of at least 4 members (excludes halogenated alkanes) is 3. The van der Waals surface area contributed by atoms with Crippen molar-refractivity contribution >= 4 is 28.9 Å². The molecule has 0 unspecified atom stereocenters. The number of esters is 1. The van der Waals surface area contributed by atoms with E-state index in [0.29, 0.717) is 11.3 Å². The smallest absolute Gasteiger partial charge is 0.348 e. The number of hydrogen-bond acceptors (Lipinski definition) is 7. The third-order valence-corrected chi connectivity index (χ3v) is 7.48. The number of aryl methyl sites for hydroxylation is 2. The SMILES string of the molecule is O=C(OC[C@H](O)CO)c1ccc(CCC[C@H]2CCC(=O)N2c2ccc(CCCCCCO)cc2)s1. The Morgan fingerprint density at radius 3 is 2.54 bits per heavy atom. The number of nitrogens with zero attached hydrogens (tertiary/aromatic N) is 1. The Morgan fingerprint density at radius 2 is 1.80 bits per heavy atom. The molecular formula is C27H37NO6S. The molecule has 1 aliphatic rings. The van der Waals surface area contributed by atoms with E-state index in [1.165, 1.54) is 16.9 Å². The molecule has 2 heterocycles. The van der Waals surface area contributed by atoms with Crippen LogP contribution in [0.25, 0.3) is 0 Å². The largest absolute Gasteiger partial charge is 0.459 e. The van der Waals surface area contributed by atoms with Crippen molar-refractivity contribution in [1.82, 2.24) is 0 Å². The summed E-state index contributed by atoms with van der Waals surface area (Å²) in [6.45, 7) is -0.403. The second-order valence-electron chi connectivity index (χ2n) is 9.10. The highest BCUT2D eigenvalue weighted by Crippen LogP contribution is 2.30. The maximum absolute atomic E-state index is 12.6. The van der Waals surface area contributed by atoms with Gasteiger partial charge in [-0.3, -0.25) is 4.79 Å². The molecule has 7 nitrogen and oxygen atoms in total. The first-order chi connectivity index (χ1) is 17.0. The van der Waals surface area contributed by atoms with Crippen LogP contribution in [0.2, 0.25) is 0 Å². The monoisotopic (exact) mass is 503 g/mol. The van der Waals surface area contributed by atoms with E-state index in [1.807, 2.05) is 11.0 Å². The molecule has 3 rings (SSSR count). The number of aliphatic hydroxyl groups is 3. The zero-order valence-electron chi connectivity index (χ0n) is 20.2. The van der Waals surface area contributed by atoms with Crippen molar-refractivity contribution in [2.24, 2.45) is 0 Å². The molecule has 35 heavy (non-hydrogen) atoms. The van der Waals surface area contributed by atoms with Gasteiger partial charge in [0.1, 0.15) is 17.6 Å². The van der Waals surface area contributed by atoms with E-state index >= 15 is 0 Å². The van der Waals surface area contributed by atoms with Gasteiger partial charge >= 0.3 is 5.97 Å². The molecule has 0 bridgehead atoms. The zero-order valence-corrected chi connectivity index (χ0v) is 21.0. The number of carbonyl (C=O) groups is 2. The highest BCUT2D eigenvalue weighted by Gasteiger charge is 2.31. The summed E-state index contributed by atoms with van der Waals surface area (Å²) in [5, 5.41) is 27.0. The van der Waals surface area contributed by atoms with E-state index in [0.717, 1.165) is 68.4 Å². The minimum atomic E-state index is -1.06. The predicted octanol–water partition coefficient (Wildman–Crippen LogP) is 3.87. The minimum Gasteiger partial charge on any atom is -0.459 e. The van der Waals surface area contributed by atoms with Crippen LogP contribution in [0.15, 0.2) is 36.4 Å². The van der Waals surface area contributed by atoms with Gasteiger partial charge in [0.15, 0.2) is 0 Å². The van der Waals surface area contributed by atoms with Gasteiger partial charge in [0.2, 0.25) is 5.91 Å². The molecule has 0 spiro atoms. The molecule has 0 aliphatic carbocycles. The number of benzene rings is 1. The van der Waals surface area contributed by atoms with Gasteiger partial charge in [0.05, 0.1) is 6.61 Å². The Bertz CT molecular complexity index is 928. The van der Waals surface area contributed by atoms with Crippen molar-refractivity contribution < 1.29 is 29.6 Å². The van der Waals surface area contributed by atoms with Crippen molar-refractivity contribution in [2.45, 2.75) is 76.4 Å². The Labute approximate surface area is 211 Å². The van der Waals surface area contributed by atoms with Gasteiger partial charge in [0.25, 0.3) is 0 Å². The van der Waals surface area contributed by atoms with Gasteiger partial charge in [-0.25, -0.2) is 4.79 Å². The molecule has 1 aromatic carbocycles. The van der Waals surface area contributed by atoms with Crippen molar-refractivity contribution in [3.05, 3.63) is 51.7 Å². The Morgan fingerprint density at radius 1 is 1.03 bits per heavy atom. The van der Waals surface area contributed by atoms with Crippen LogP contribution >= 0.6 is 11.3 Å². The average Bonchev–Trinajstić information content (AvgIpc) is 3.49. The summed E-state index contributed by atoms with van der Waals surface area (Å²) in [5.41, 5.74) is 2.24. The van der Waals surface area contributed by atoms with E-state index in [-0.39, 0.29) is 25.2 Å². The summed E-state index contributed by atoms with van der Waals surface area (Å²) in [5.74, 6) is -0.312. The first-order valence-electron chi connectivity index (χ1n) is 12.6. The van der Waals surface area contributed by atoms with Crippen LogP contribution in [0.3, 0.4) is 0 Å². The highest BCUT2D eigenvalue weighted by atomic mass is 32.1. The van der Waals surface area contributed by atoms with Crippen LogP contribution < -0.4 is 4.90 Å². The highest BCUT2D eigenvalue weighted by molar-refractivity contribution is 7.13. The Balaban J connectivity index is 1.46. The molecule has 8 heteroatoms. The van der Waals surface area contributed by atoms with Crippen LogP contribution in [0.5, 0.6) is 0 Å². The summed E-state index contributed by atoms with van der Waals surface area (Å²) in [6, 6.07) is 12.2. The molecule has 0 saturated carbocycles. The maximum Gasteiger partial charge on any atom is 0.348 e. The fourth-order valence-corrected chi connectivity index (χ4v) is 5.36. The van der Waals surface area contributed by atoms with E-state index in [4.69, 9.17) is 14.9 Å². The van der Waals surface area contributed by atoms with Gasteiger partial charge < -0.3 is 25.0 Å². The Hall–Kier alpha value is -2.26. The van der Waals surface area contributed by atoms with E-state index in [1.54, 1.807) is 6.07 Å². The number of anilines is 1. The molecule has 2 atom stereocenters. The summed E-state index contributed by atoms with van der Waals surface area (Å²) in [7, 11) is 0. The van der Waals surface area contributed by atoms with Crippen molar-refractivity contribution in [3.63, 3.8) is 0 Å². The lowest BCUT2D eigenvalue weighted by Crippen LogP contribution is -2.32. The number of carbonyl (C=O) groups excluding carboxylic acids is 2. The van der Waals surface area contributed by atoms with Crippen LogP contribution in [-0.4, -0.2) is 59.2 Å². The van der Waals surface area contributed by atoms with E-state index < -0.39 is 18.7 Å². The number of amides is 1. The van der Waals surface area contributed by atoms with E-state index in [2.05, 4.69) is 24.3 Å². The second kappa shape index (κ2) is 14.3. The number of aliphatic hydroxyl groups excluding tert-OH is 3. The minimum absolute atomic E-state index is 0.179. The quantitative estimate of drug-likeness (QED) is 0.252. The summed E-state index contributed by atoms with van der Waals surface area (Å²) in [4.78, 5) is 28.2. The molecule has 1 fully saturated rings. The average molecular weight is 504 g/mol. The molecule has 0 radical (unpaired) electrons. The van der Waals surface area contributed by atoms with Crippen LogP contribution in [0, 0.1) is 0 Å². The summed E-state index contributed by atoms with van der Waals surface area (Å²) in [6.07, 6.45) is 8.19. The first-order valence-corrected chi connectivity index (χ1v) is 13.4. The molecule has 2 aromatic rings. The van der Waals surface area contributed by atoms with Crippen LogP contribution in [0.1, 0.15) is 71.5 Å². The molecule has 192 valence electrons. The van der Waals surface area contributed by atoms with E-state index in [9.17, 15) is 14.7 Å². The first kappa shape index (κ1) is 27.3. The predicted molar refractivity (Wildman–Crippen MR) is 137 cm³/mol.